The second-order valence-electron chi connectivity index (χ2n) is 6.49. The standard InChI is InChI=1S/C20H15N5O3S/c1-3-11-4-7-16(23-9-11)25-18-17(19(26)20(18)27)24-15-10-22-14-6-5-12(8-13(14)15)29(2,21)28/h1,4-10,21-22,24H,2H3,(H,23,25). The van der Waals surface area contributed by atoms with Gasteiger partial charge in [0.05, 0.1) is 15.4 Å². The van der Waals surface area contributed by atoms with Crippen molar-refractivity contribution in [1.29, 1.82) is 4.78 Å². The van der Waals surface area contributed by atoms with E-state index in [1.54, 1.807) is 36.5 Å². The minimum atomic E-state index is -2.90. The van der Waals surface area contributed by atoms with Gasteiger partial charge in [-0.3, -0.25) is 9.59 Å². The Bertz CT molecular complexity index is 1470. The molecule has 2 heterocycles. The van der Waals surface area contributed by atoms with Gasteiger partial charge in [0.25, 0.3) is 10.9 Å². The lowest BCUT2D eigenvalue weighted by atomic mass is 10.1. The molecule has 1 atom stereocenters. The number of nitrogens with zero attached hydrogens (tertiary/aromatic N) is 1. The smallest absolute Gasteiger partial charge is 0.253 e. The lowest BCUT2D eigenvalue weighted by molar-refractivity contribution is 0.679. The number of nitrogens with one attached hydrogen (secondary N) is 4. The lowest BCUT2D eigenvalue weighted by Crippen LogP contribution is -2.35. The van der Waals surface area contributed by atoms with Crippen molar-refractivity contribution in [2.75, 3.05) is 16.9 Å². The summed E-state index contributed by atoms with van der Waals surface area (Å²) in [6.45, 7) is 0. The van der Waals surface area contributed by atoms with Gasteiger partial charge in [0.1, 0.15) is 17.2 Å². The van der Waals surface area contributed by atoms with Crippen LogP contribution < -0.4 is 21.5 Å². The number of fused-ring (bicyclic) bond motifs is 1. The van der Waals surface area contributed by atoms with Gasteiger partial charge in [0.2, 0.25) is 0 Å². The minimum Gasteiger partial charge on any atom is -0.359 e. The number of aromatic nitrogens is 2. The van der Waals surface area contributed by atoms with Gasteiger partial charge < -0.3 is 15.6 Å². The SMILES string of the molecule is C#Cc1ccc(Nc2c(Nc3c[nH]c4ccc(S(C)(=N)=O)cc34)c(=O)c2=O)nc1. The molecule has 0 fully saturated rings. The molecular formula is C20H15N5O3S. The number of terminal acetylenes is 1. The van der Waals surface area contributed by atoms with E-state index in [1.807, 2.05) is 0 Å². The predicted molar refractivity (Wildman–Crippen MR) is 113 cm³/mol. The molecule has 144 valence electrons. The summed E-state index contributed by atoms with van der Waals surface area (Å²) in [4.78, 5) is 31.7. The second kappa shape index (κ2) is 6.61. The Morgan fingerprint density at radius 3 is 2.48 bits per heavy atom. The van der Waals surface area contributed by atoms with Crippen molar-refractivity contribution in [3.63, 3.8) is 0 Å². The average Bonchev–Trinajstić information content (AvgIpc) is 3.12. The maximum Gasteiger partial charge on any atom is 0.253 e. The molecule has 0 spiro atoms. The third-order valence-corrected chi connectivity index (χ3v) is 5.61. The number of pyridine rings is 1. The summed E-state index contributed by atoms with van der Waals surface area (Å²) in [5.41, 5.74) is 0.747. The number of hydrogen-bond donors (Lipinski definition) is 4. The van der Waals surface area contributed by atoms with Crippen molar-refractivity contribution in [3.05, 3.63) is 68.7 Å². The molecule has 0 bridgehead atoms. The van der Waals surface area contributed by atoms with E-state index in [0.717, 1.165) is 5.52 Å². The Labute approximate surface area is 165 Å². The molecule has 4 N–H and O–H groups in total. The highest BCUT2D eigenvalue weighted by Crippen LogP contribution is 2.30. The van der Waals surface area contributed by atoms with E-state index in [2.05, 4.69) is 26.5 Å². The molecule has 0 aliphatic heterocycles. The highest BCUT2D eigenvalue weighted by atomic mass is 32.2. The fraction of sp³-hybridized carbons (Fsp3) is 0.0500. The number of aromatic amines is 1. The van der Waals surface area contributed by atoms with E-state index in [4.69, 9.17) is 11.2 Å². The third-order valence-electron chi connectivity index (χ3n) is 4.46. The van der Waals surface area contributed by atoms with Gasteiger partial charge in [-0.05, 0) is 30.3 Å². The van der Waals surface area contributed by atoms with E-state index in [-0.39, 0.29) is 11.4 Å². The van der Waals surface area contributed by atoms with E-state index in [1.165, 1.54) is 12.5 Å². The first-order chi connectivity index (χ1) is 13.8. The molecule has 0 aliphatic carbocycles. The monoisotopic (exact) mass is 405 g/mol. The molecule has 0 amide bonds. The molecule has 0 saturated carbocycles. The highest BCUT2D eigenvalue weighted by molar-refractivity contribution is 7.91. The summed E-state index contributed by atoms with van der Waals surface area (Å²) in [7, 11) is -2.90. The fourth-order valence-electron chi connectivity index (χ4n) is 2.89. The minimum absolute atomic E-state index is 0.0984. The van der Waals surface area contributed by atoms with Crippen LogP contribution in [-0.2, 0) is 9.73 Å². The summed E-state index contributed by atoms with van der Waals surface area (Å²) in [6, 6.07) is 8.24. The highest BCUT2D eigenvalue weighted by Gasteiger charge is 2.22. The number of anilines is 4. The molecule has 0 radical (unpaired) electrons. The van der Waals surface area contributed by atoms with Crippen LogP contribution in [0.5, 0.6) is 0 Å². The molecular weight excluding hydrogens is 390 g/mol. The molecule has 2 aromatic carbocycles. The first-order valence-corrected chi connectivity index (χ1v) is 10.4. The van der Waals surface area contributed by atoms with Gasteiger partial charge in [0, 0.05) is 40.0 Å². The molecule has 1 unspecified atom stereocenters. The summed E-state index contributed by atoms with van der Waals surface area (Å²) in [6.07, 6.45) is 9.75. The van der Waals surface area contributed by atoms with Gasteiger partial charge >= 0.3 is 0 Å². The van der Waals surface area contributed by atoms with Crippen LogP contribution in [0.1, 0.15) is 5.56 Å². The Hall–Kier alpha value is -3.90. The molecule has 4 rings (SSSR count). The van der Waals surface area contributed by atoms with E-state index >= 15 is 0 Å². The number of H-pyrrole nitrogens is 1. The summed E-state index contributed by atoms with van der Waals surface area (Å²) < 4.78 is 19.8. The first kappa shape index (κ1) is 18.5. The Kier molecular flexibility index (Phi) is 4.21. The van der Waals surface area contributed by atoms with Gasteiger partial charge in [-0.1, -0.05) is 5.92 Å². The predicted octanol–water partition coefficient (Wildman–Crippen LogP) is 2.66. The molecule has 4 aromatic rings. The molecule has 29 heavy (non-hydrogen) atoms. The van der Waals surface area contributed by atoms with Crippen LogP contribution in [0.3, 0.4) is 0 Å². The normalized spacial score (nSPS) is 13.1. The summed E-state index contributed by atoms with van der Waals surface area (Å²) in [5, 5.41) is 6.44. The van der Waals surface area contributed by atoms with Gasteiger partial charge in [-0.15, -0.1) is 6.42 Å². The molecule has 0 saturated heterocycles. The topological polar surface area (TPSA) is 128 Å². The van der Waals surface area contributed by atoms with Crippen molar-refractivity contribution in [1.82, 2.24) is 9.97 Å². The van der Waals surface area contributed by atoms with Crippen molar-refractivity contribution >= 4 is 43.5 Å². The van der Waals surface area contributed by atoms with Crippen LogP contribution in [0.4, 0.5) is 22.9 Å². The Morgan fingerprint density at radius 2 is 1.86 bits per heavy atom. The molecule has 0 aliphatic rings. The summed E-state index contributed by atoms with van der Waals surface area (Å²) in [5.74, 6) is 2.82. The van der Waals surface area contributed by atoms with E-state index < -0.39 is 20.6 Å². The van der Waals surface area contributed by atoms with Crippen LogP contribution in [0.2, 0.25) is 0 Å². The van der Waals surface area contributed by atoms with Crippen molar-refractivity contribution in [2.45, 2.75) is 4.90 Å². The number of rotatable bonds is 5. The second-order valence-corrected chi connectivity index (χ2v) is 8.65. The maximum atomic E-state index is 12.1. The fourth-order valence-corrected chi connectivity index (χ4v) is 3.56. The largest absolute Gasteiger partial charge is 0.359 e. The van der Waals surface area contributed by atoms with Gasteiger partial charge in [0.15, 0.2) is 0 Å². The van der Waals surface area contributed by atoms with E-state index in [9.17, 15) is 13.8 Å². The molecule has 2 aromatic heterocycles. The van der Waals surface area contributed by atoms with Gasteiger partial charge in [-0.2, -0.15) is 0 Å². The van der Waals surface area contributed by atoms with Crippen molar-refractivity contribution in [2.24, 2.45) is 0 Å². The van der Waals surface area contributed by atoms with E-state index in [0.29, 0.717) is 27.4 Å². The Balaban J connectivity index is 1.69. The first-order valence-electron chi connectivity index (χ1n) is 8.43. The maximum absolute atomic E-state index is 12.1. The third kappa shape index (κ3) is 3.26. The van der Waals surface area contributed by atoms with Crippen LogP contribution in [-0.4, -0.2) is 20.4 Å². The van der Waals surface area contributed by atoms with Gasteiger partial charge in [-0.25, -0.2) is 14.0 Å². The zero-order valence-corrected chi connectivity index (χ0v) is 16.0. The van der Waals surface area contributed by atoms with Crippen LogP contribution in [0.25, 0.3) is 10.9 Å². The number of benzene rings is 1. The molecule has 9 heteroatoms. The van der Waals surface area contributed by atoms with Crippen LogP contribution in [0, 0.1) is 17.1 Å². The zero-order valence-electron chi connectivity index (χ0n) is 15.2. The molecule has 8 nitrogen and oxygen atoms in total. The quantitative estimate of drug-likeness (QED) is 0.299. The lowest BCUT2D eigenvalue weighted by Gasteiger charge is -2.14. The van der Waals surface area contributed by atoms with Crippen molar-refractivity contribution < 1.29 is 4.21 Å². The van der Waals surface area contributed by atoms with Crippen molar-refractivity contribution in [3.8, 4) is 12.3 Å². The zero-order chi connectivity index (χ0) is 20.8. The summed E-state index contributed by atoms with van der Waals surface area (Å²) >= 11 is 0. The van der Waals surface area contributed by atoms with Crippen LogP contribution >= 0.6 is 0 Å². The van der Waals surface area contributed by atoms with Crippen LogP contribution in [0.15, 0.2) is 57.2 Å². The average molecular weight is 405 g/mol. The number of hydrogen-bond acceptors (Lipinski definition) is 7. The Morgan fingerprint density at radius 1 is 1.14 bits per heavy atom.